The van der Waals surface area contributed by atoms with Gasteiger partial charge in [0.1, 0.15) is 5.82 Å². The second-order valence-corrected chi connectivity index (χ2v) is 4.34. The first kappa shape index (κ1) is 16.3. The highest BCUT2D eigenvalue weighted by Crippen LogP contribution is 2.29. The average Bonchev–Trinajstić information content (AvgIpc) is 2.90. The van der Waals surface area contributed by atoms with Crippen LogP contribution in [-0.2, 0) is 22.3 Å². The summed E-state index contributed by atoms with van der Waals surface area (Å²) < 4.78 is 37.2. The van der Waals surface area contributed by atoms with Crippen LogP contribution in [0, 0.1) is 0 Å². The number of hydrogen-bond acceptors (Lipinski definition) is 4. The number of rotatable bonds is 3. The summed E-state index contributed by atoms with van der Waals surface area (Å²) in [4.78, 5) is 36.1. The molecule has 4 N–H and O–H groups in total. The summed E-state index contributed by atoms with van der Waals surface area (Å²) in [6.07, 6.45) is -4.49. The normalized spacial score (nSPS) is 11.1. The van der Waals surface area contributed by atoms with Crippen LogP contribution in [-0.4, -0.2) is 27.0 Å². The first-order valence-electron chi connectivity index (χ1n) is 6.16. The van der Waals surface area contributed by atoms with Crippen molar-refractivity contribution in [3.8, 4) is 0 Å². The summed E-state index contributed by atoms with van der Waals surface area (Å²) in [5, 5.41) is 9.92. The van der Waals surface area contributed by atoms with E-state index in [1.807, 2.05) is 0 Å². The van der Waals surface area contributed by atoms with E-state index in [4.69, 9.17) is 0 Å². The number of H-pyrrole nitrogens is 2. The topological polar surface area (TPSA) is 120 Å². The fourth-order valence-electron chi connectivity index (χ4n) is 1.56. The Morgan fingerprint density at radius 3 is 2.30 bits per heavy atom. The number of carbonyl (C=O) groups excluding carboxylic acids is 2. The third-order valence-corrected chi connectivity index (χ3v) is 2.64. The van der Waals surface area contributed by atoms with E-state index in [1.165, 1.54) is 0 Å². The third kappa shape index (κ3) is 4.43. The van der Waals surface area contributed by atoms with Gasteiger partial charge in [-0.1, -0.05) is 0 Å². The van der Waals surface area contributed by atoms with Crippen LogP contribution in [0.15, 0.2) is 29.1 Å². The van der Waals surface area contributed by atoms with Crippen molar-refractivity contribution in [3.63, 3.8) is 0 Å². The fraction of sp³-hybridized carbons (Fsp3) is 0.167. The fourth-order valence-corrected chi connectivity index (χ4v) is 1.56. The minimum atomic E-state index is -4.49. The van der Waals surface area contributed by atoms with E-state index >= 15 is 0 Å². The van der Waals surface area contributed by atoms with Gasteiger partial charge in [0.15, 0.2) is 0 Å². The molecule has 0 saturated heterocycles. The van der Waals surface area contributed by atoms with Gasteiger partial charge in [-0.2, -0.15) is 18.3 Å². The van der Waals surface area contributed by atoms with Crippen molar-refractivity contribution in [1.29, 1.82) is 0 Å². The lowest BCUT2D eigenvalue weighted by Crippen LogP contribution is -2.35. The Hall–Kier alpha value is -3.11. The van der Waals surface area contributed by atoms with Crippen molar-refractivity contribution in [2.45, 2.75) is 12.7 Å². The third-order valence-electron chi connectivity index (χ3n) is 2.64. The summed E-state index contributed by atoms with van der Waals surface area (Å²) in [5.74, 6) is -1.98. The summed E-state index contributed by atoms with van der Waals surface area (Å²) in [6.45, 7) is -0.196. The Kier molecular flexibility index (Phi) is 4.48. The van der Waals surface area contributed by atoms with Crippen LogP contribution in [0.4, 0.5) is 18.9 Å². The van der Waals surface area contributed by atoms with Gasteiger partial charge >= 0.3 is 23.7 Å². The molecule has 0 spiro atoms. The Bertz CT molecular complexity index is 763. The summed E-state index contributed by atoms with van der Waals surface area (Å²) >= 11 is 0. The zero-order chi connectivity index (χ0) is 17.0. The first-order valence-corrected chi connectivity index (χ1v) is 6.16. The molecule has 8 nitrogen and oxygen atoms in total. The van der Waals surface area contributed by atoms with Gasteiger partial charge < -0.3 is 10.6 Å². The molecule has 2 rings (SSSR count). The Morgan fingerprint density at radius 2 is 1.78 bits per heavy atom. The van der Waals surface area contributed by atoms with Gasteiger partial charge in [-0.3, -0.25) is 14.6 Å². The number of nitrogens with zero attached hydrogens (tertiary/aromatic N) is 1. The Balaban J connectivity index is 1.90. The molecule has 0 saturated carbocycles. The van der Waals surface area contributed by atoms with Gasteiger partial charge in [0, 0.05) is 5.69 Å². The van der Waals surface area contributed by atoms with E-state index in [9.17, 15) is 27.6 Å². The molecular formula is C12H10F3N5O3. The second-order valence-electron chi connectivity index (χ2n) is 4.34. The molecule has 0 radical (unpaired) electrons. The zero-order valence-electron chi connectivity index (χ0n) is 11.3. The number of amides is 2. The lowest BCUT2D eigenvalue weighted by atomic mass is 10.2. The Morgan fingerprint density at radius 1 is 1.13 bits per heavy atom. The van der Waals surface area contributed by atoms with Gasteiger partial charge in [0.2, 0.25) is 0 Å². The molecule has 1 aromatic heterocycles. The molecule has 2 aromatic rings. The van der Waals surface area contributed by atoms with Crippen LogP contribution in [0.5, 0.6) is 0 Å². The summed E-state index contributed by atoms with van der Waals surface area (Å²) in [5.41, 5.74) is -1.41. The van der Waals surface area contributed by atoms with Crippen molar-refractivity contribution in [3.05, 3.63) is 46.1 Å². The minimum absolute atomic E-state index is 0.0336. The molecule has 0 atom stereocenters. The van der Waals surface area contributed by atoms with E-state index in [0.29, 0.717) is 0 Å². The predicted octanol–water partition coefficient (Wildman–Crippen LogP) is 0.372. The zero-order valence-corrected chi connectivity index (χ0v) is 11.3. The smallest absolute Gasteiger partial charge is 0.341 e. The van der Waals surface area contributed by atoms with Crippen LogP contribution < -0.4 is 16.3 Å². The largest absolute Gasteiger partial charge is 0.416 e. The van der Waals surface area contributed by atoms with Crippen LogP contribution in [0.25, 0.3) is 0 Å². The van der Waals surface area contributed by atoms with Crippen LogP contribution in [0.1, 0.15) is 11.4 Å². The lowest BCUT2D eigenvalue weighted by molar-refractivity contribution is -0.137. The van der Waals surface area contributed by atoms with Gasteiger partial charge in [-0.15, -0.1) is 0 Å². The maximum atomic E-state index is 12.4. The second kappa shape index (κ2) is 6.34. The molecule has 11 heteroatoms. The lowest BCUT2D eigenvalue weighted by Gasteiger charge is -2.08. The number of aromatic amines is 2. The highest BCUT2D eigenvalue weighted by atomic mass is 19.4. The standard InChI is InChI=1S/C12H10F3N5O3/c13-12(14,15)6-1-3-7(4-2-6)17-10(22)9(21)16-5-8-18-11(23)20-19-8/h1-4H,5H2,(H,16,21)(H,17,22)(H2,18,19,20,23). The molecule has 1 aromatic carbocycles. The molecule has 0 bridgehead atoms. The number of benzene rings is 1. The molecule has 2 amide bonds. The number of halogens is 3. The van der Waals surface area contributed by atoms with E-state index in [-0.39, 0.29) is 18.1 Å². The molecule has 0 aliphatic carbocycles. The summed E-state index contributed by atoms with van der Waals surface area (Å²) in [7, 11) is 0. The highest BCUT2D eigenvalue weighted by molar-refractivity contribution is 6.39. The van der Waals surface area contributed by atoms with Crippen molar-refractivity contribution in [2.75, 3.05) is 5.32 Å². The maximum absolute atomic E-state index is 12.4. The average molecular weight is 329 g/mol. The van der Waals surface area contributed by atoms with Gasteiger partial charge in [-0.05, 0) is 24.3 Å². The highest BCUT2D eigenvalue weighted by Gasteiger charge is 2.30. The Labute approximate surface area is 126 Å². The summed E-state index contributed by atoms with van der Waals surface area (Å²) in [6, 6.07) is 3.61. The van der Waals surface area contributed by atoms with Gasteiger partial charge in [0.25, 0.3) is 0 Å². The molecule has 0 fully saturated rings. The number of aromatic nitrogens is 3. The molecular weight excluding hydrogens is 319 g/mol. The van der Waals surface area contributed by atoms with Gasteiger partial charge in [-0.25, -0.2) is 9.89 Å². The van der Waals surface area contributed by atoms with E-state index in [0.717, 1.165) is 24.3 Å². The number of hydrogen-bond donors (Lipinski definition) is 4. The molecule has 0 unspecified atom stereocenters. The maximum Gasteiger partial charge on any atom is 0.416 e. The number of anilines is 1. The molecule has 0 aliphatic rings. The van der Waals surface area contributed by atoms with E-state index in [2.05, 4.69) is 25.8 Å². The van der Waals surface area contributed by atoms with E-state index in [1.54, 1.807) is 0 Å². The van der Waals surface area contributed by atoms with Crippen LogP contribution in [0.2, 0.25) is 0 Å². The molecule has 122 valence electrons. The number of nitrogens with one attached hydrogen (secondary N) is 4. The number of carbonyl (C=O) groups is 2. The monoisotopic (exact) mass is 329 g/mol. The minimum Gasteiger partial charge on any atom is -0.341 e. The SMILES string of the molecule is O=C(NCc1n[nH]c(=O)[nH]1)C(=O)Nc1ccc(C(F)(F)F)cc1. The quantitative estimate of drug-likeness (QED) is 0.608. The van der Waals surface area contributed by atoms with Crippen molar-refractivity contribution in [2.24, 2.45) is 0 Å². The molecule has 23 heavy (non-hydrogen) atoms. The van der Waals surface area contributed by atoms with Gasteiger partial charge in [0.05, 0.1) is 12.1 Å². The molecule has 0 aliphatic heterocycles. The van der Waals surface area contributed by atoms with Crippen molar-refractivity contribution in [1.82, 2.24) is 20.5 Å². The van der Waals surface area contributed by atoms with Crippen LogP contribution in [0.3, 0.4) is 0 Å². The van der Waals surface area contributed by atoms with Crippen molar-refractivity contribution >= 4 is 17.5 Å². The van der Waals surface area contributed by atoms with Crippen LogP contribution >= 0.6 is 0 Å². The van der Waals surface area contributed by atoms with Crippen molar-refractivity contribution < 1.29 is 22.8 Å². The number of alkyl halides is 3. The van der Waals surface area contributed by atoms with E-state index < -0.39 is 29.2 Å². The molecule has 1 heterocycles. The first-order chi connectivity index (χ1) is 10.8. The predicted molar refractivity (Wildman–Crippen MR) is 71.1 cm³/mol.